The maximum Gasteiger partial charge on any atom is 0.415 e. The lowest BCUT2D eigenvalue weighted by Gasteiger charge is -2.32. The Bertz CT molecular complexity index is 404. The number of ether oxygens (including phenoxy) is 1. The van der Waals surface area contributed by atoms with E-state index in [1.807, 2.05) is 0 Å². The van der Waals surface area contributed by atoms with Gasteiger partial charge in [-0.2, -0.15) is 17.5 Å². The van der Waals surface area contributed by atoms with Crippen LogP contribution in [0.25, 0.3) is 0 Å². The molecule has 2 aliphatic carbocycles. The molecule has 10 heteroatoms. The van der Waals surface area contributed by atoms with Crippen LogP contribution in [0.4, 0.5) is 13.2 Å². The minimum atomic E-state index is -5.02. The lowest BCUT2D eigenvalue weighted by molar-refractivity contribution is -0.777. The molecule has 2 bridgehead atoms. The highest BCUT2D eigenvalue weighted by molar-refractivity contribution is 7.96. The summed E-state index contributed by atoms with van der Waals surface area (Å²) in [5, 5.41) is 22.5. The van der Waals surface area contributed by atoms with Crippen LogP contribution in [0, 0.1) is 11.8 Å². The third kappa shape index (κ3) is 3.00. The Kier molecular flexibility index (Phi) is 4.74. The predicted octanol–water partition coefficient (Wildman–Crippen LogP) is 0.882. The Labute approximate surface area is 122 Å². The Morgan fingerprint density at radius 2 is 1.95 bits per heavy atom. The molecule has 2 aliphatic rings. The van der Waals surface area contributed by atoms with Crippen LogP contribution >= 0.6 is 12.0 Å². The third-order valence-electron chi connectivity index (χ3n) is 4.20. The first-order valence-electron chi connectivity index (χ1n) is 6.31. The topological polar surface area (TPSA) is 88.0 Å². The van der Waals surface area contributed by atoms with E-state index < -0.39 is 41.1 Å². The Morgan fingerprint density at radius 1 is 1.33 bits per heavy atom. The number of hydrogen-bond donors (Lipinski definition) is 1. The molecule has 2 saturated carbocycles. The molecular weight excluding hydrogens is 317 g/mol. The summed E-state index contributed by atoms with van der Waals surface area (Å²) < 4.78 is 44.5. The maximum absolute atomic E-state index is 13.0. The van der Waals surface area contributed by atoms with E-state index in [4.69, 9.17) is 4.74 Å². The SMILES string of the molecule is CC(SOO[O-])(C(=O)OC1C2CCC(C2)C1O)C(F)(F)F. The highest BCUT2D eigenvalue weighted by Gasteiger charge is 2.62. The van der Waals surface area contributed by atoms with Crippen molar-refractivity contribution in [2.75, 3.05) is 0 Å². The molecule has 5 atom stereocenters. The van der Waals surface area contributed by atoms with E-state index in [1.165, 1.54) is 0 Å². The first-order chi connectivity index (χ1) is 9.70. The predicted molar refractivity (Wildman–Crippen MR) is 60.9 cm³/mol. The van der Waals surface area contributed by atoms with Gasteiger partial charge in [0.15, 0.2) is 0 Å². The van der Waals surface area contributed by atoms with E-state index in [0.717, 1.165) is 6.42 Å². The maximum atomic E-state index is 13.0. The van der Waals surface area contributed by atoms with Crippen LogP contribution in [0.1, 0.15) is 26.2 Å². The lowest BCUT2D eigenvalue weighted by Crippen LogP contribution is -2.50. The molecule has 1 N–H and O–H groups in total. The van der Waals surface area contributed by atoms with Crippen molar-refractivity contribution in [3.8, 4) is 0 Å². The Morgan fingerprint density at radius 3 is 2.43 bits per heavy atom. The quantitative estimate of drug-likeness (QED) is 0.346. The van der Waals surface area contributed by atoms with Crippen molar-refractivity contribution in [2.24, 2.45) is 11.8 Å². The molecule has 5 unspecified atom stereocenters. The van der Waals surface area contributed by atoms with E-state index in [0.29, 0.717) is 19.8 Å². The number of carbonyl (C=O) groups is 1. The summed E-state index contributed by atoms with van der Waals surface area (Å²) in [7, 11) is 0. The largest absolute Gasteiger partial charge is 0.691 e. The van der Waals surface area contributed by atoms with Gasteiger partial charge < -0.3 is 15.1 Å². The molecule has 0 radical (unpaired) electrons. The molecule has 0 amide bonds. The molecule has 0 heterocycles. The molecule has 2 rings (SSSR count). The summed E-state index contributed by atoms with van der Waals surface area (Å²) in [4.78, 5) is 11.9. The van der Waals surface area contributed by atoms with Crippen molar-refractivity contribution in [3.63, 3.8) is 0 Å². The number of rotatable bonds is 5. The number of alkyl halides is 3. The molecule has 0 spiro atoms. The van der Waals surface area contributed by atoms with Crippen molar-refractivity contribution < 1.29 is 42.4 Å². The average molecular weight is 331 g/mol. The van der Waals surface area contributed by atoms with Gasteiger partial charge in [-0.3, -0.25) is 9.83 Å². The number of carbonyl (C=O) groups excluding carboxylic acids is 1. The van der Waals surface area contributed by atoms with Gasteiger partial charge in [0, 0.05) is 0 Å². The number of aliphatic hydroxyl groups excluding tert-OH is 1. The monoisotopic (exact) mass is 331 g/mol. The number of fused-ring (bicyclic) bond motifs is 2. The molecule has 0 aliphatic heterocycles. The van der Waals surface area contributed by atoms with Gasteiger partial charge in [-0.15, -0.1) is 0 Å². The van der Waals surface area contributed by atoms with Crippen LogP contribution in [0.2, 0.25) is 0 Å². The van der Waals surface area contributed by atoms with Crippen molar-refractivity contribution in [3.05, 3.63) is 0 Å². The number of esters is 1. The molecule has 0 aromatic carbocycles. The van der Waals surface area contributed by atoms with Gasteiger partial charge in [0.05, 0.1) is 18.1 Å². The smallest absolute Gasteiger partial charge is 0.415 e. The highest BCUT2D eigenvalue weighted by atomic mass is 32.2. The minimum absolute atomic E-state index is 0.0428. The fourth-order valence-corrected chi connectivity index (χ4v) is 3.26. The van der Waals surface area contributed by atoms with E-state index in [-0.39, 0.29) is 11.8 Å². The van der Waals surface area contributed by atoms with Crippen LogP contribution in [0.3, 0.4) is 0 Å². The molecule has 2 fully saturated rings. The van der Waals surface area contributed by atoms with E-state index in [2.05, 4.69) is 9.37 Å². The van der Waals surface area contributed by atoms with Gasteiger partial charge >= 0.3 is 12.1 Å². The number of aliphatic hydroxyl groups is 1. The summed E-state index contributed by atoms with van der Waals surface area (Å²) in [6.07, 6.45) is -4.81. The number of hydrogen-bond acceptors (Lipinski definition) is 7. The van der Waals surface area contributed by atoms with Gasteiger partial charge in [0.2, 0.25) is 4.75 Å². The van der Waals surface area contributed by atoms with Gasteiger partial charge in [0.25, 0.3) is 0 Å². The highest BCUT2D eigenvalue weighted by Crippen LogP contribution is 2.48. The second kappa shape index (κ2) is 5.92. The molecule has 0 saturated heterocycles. The molecule has 0 aromatic heterocycles. The van der Waals surface area contributed by atoms with E-state index in [9.17, 15) is 28.3 Å². The van der Waals surface area contributed by atoms with E-state index >= 15 is 0 Å². The fourth-order valence-electron chi connectivity index (χ4n) is 2.89. The molecule has 6 nitrogen and oxygen atoms in total. The van der Waals surface area contributed by atoms with Gasteiger partial charge in [0.1, 0.15) is 6.10 Å². The average Bonchev–Trinajstić information content (AvgIpc) is 2.98. The zero-order valence-electron chi connectivity index (χ0n) is 11.0. The normalized spacial score (nSPS) is 34.8. The van der Waals surface area contributed by atoms with Crippen molar-refractivity contribution >= 4 is 18.0 Å². The molecule has 122 valence electrons. The Hall–Kier alpha value is -0.550. The summed E-state index contributed by atoms with van der Waals surface area (Å²) in [6.45, 7) is 0.526. The van der Waals surface area contributed by atoms with Crippen LogP contribution in [-0.4, -0.2) is 34.2 Å². The van der Waals surface area contributed by atoms with Crippen LogP contribution in [0.15, 0.2) is 0 Å². The van der Waals surface area contributed by atoms with Gasteiger partial charge in [-0.1, -0.05) is 0 Å². The van der Waals surface area contributed by atoms with Crippen molar-refractivity contribution in [1.29, 1.82) is 0 Å². The molecular formula is C11H14F3O6S-. The fraction of sp³-hybridized carbons (Fsp3) is 0.909. The van der Waals surface area contributed by atoms with Gasteiger partial charge in [-0.25, -0.2) is 0 Å². The van der Waals surface area contributed by atoms with Crippen molar-refractivity contribution in [1.82, 2.24) is 0 Å². The molecule has 0 aromatic rings. The standard InChI is InChI=1S/C11H15F3O6S/c1-10(11(12,13)14,21-20-19-17)9(16)18-8-6-3-2-5(4-6)7(8)15/h5-8,15,17H,2-4H2,1H3/p-1. The van der Waals surface area contributed by atoms with Gasteiger partial charge in [-0.05, 0) is 38.0 Å². The first kappa shape index (κ1) is 16.8. The zero-order chi connectivity index (χ0) is 15.8. The second-order valence-corrected chi connectivity index (χ2v) is 6.56. The van der Waals surface area contributed by atoms with Crippen LogP contribution in [-0.2, 0) is 18.9 Å². The molecule has 21 heavy (non-hydrogen) atoms. The summed E-state index contributed by atoms with van der Waals surface area (Å²) in [5.74, 6) is -1.79. The summed E-state index contributed by atoms with van der Waals surface area (Å²) in [5.41, 5.74) is 0. The zero-order valence-corrected chi connectivity index (χ0v) is 11.8. The lowest BCUT2D eigenvalue weighted by atomic mass is 9.94. The third-order valence-corrected chi connectivity index (χ3v) is 5.06. The summed E-state index contributed by atoms with van der Waals surface area (Å²) >= 11 is -0.472. The minimum Gasteiger partial charge on any atom is -0.691 e. The Balaban J connectivity index is 2.08. The summed E-state index contributed by atoms with van der Waals surface area (Å²) in [6, 6.07) is 0. The second-order valence-electron chi connectivity index (χ2n) is 5.44. The number of halogens is 3. The van der Waals surface area contributed by atoms with Crippen molar-refractivity contribution in [2.45, 2.75) is 49.3 Å². The van der Waals surface area contributed by atoms with Crippen LogP contribution < -0.4 is 5.26 Å². The van der Waals surface area contributed by atoms with E-state index in [1.54, 1.807) is 0 Å². The van der Waals surface area contributed by atoms with Crippen LogP contribution in [0.5, 0.6) is 0 Å². The first-order valence-corrected chi connectivity index (χ1v) is 7.05.